The van der Waals surface area contributed by atoms with E-state index in [1.54, 1.807) is 33.7 Å². The fourth-order valence-corrected chi connectivity index (χ4v) is 7.99. The molecule has 3 heterocycles. The van der Waals surface area contributed by atoms with Gasteiger partial charge in [0.25, 0.3) is 10.0 Å². The van der Waals surface area contributed by atoms with E-state index < -0.39 is 10.0 Å². The zero-order valence-electron chi connectivity index (χ0n) is 19.9. The fraction of sp³-hybridized carbons (Fsp3) is 0.500. The first-order chi connectivity index (χ1) is 16.3. The predicted octanol–water partition coefficient (Wildman–Crippen LogP) is 4.31. The number of hydrogen-bond donors (Lipinski definition) is 0. The van der Waals surface area contributed by atoms with Gasteiger partial charge in [0.05, 0.1) is 16.1 Å². The highest BCUT2D eigenvalue weighted by molar-refractivity contribution is 7.91. The van der Waals surface area contributed by atoms with Crippen LogP contribution in [0.4, 0.5) is 5.13 Å². The molecule has 2 aromatic heterocycles. The molecule has 34 heavy (non-hydrogen) atoms. The Morgan fingerprint density at radius 2 is 2.06 bits per heavy atom. The molecule has 0 N–H and O–H groups in total. The van der Waals surface area contributed by atoms with Crippen LogP contribution < -0.4 is 4.90 Å². The number of piperidine rings is 1. The van der Waals surface area contributed by atoms with Crippen molar-refractivity contribution in [2.75, 3.05) is 45.2 Å². The molecule has 1 atom stereocenters. The third-order valence-corrected chi connectivity index (χ3v) is 10.4. The fourth-order valence-electron chi connectivity index (χ4n) is 4.26. The third-order valence-electron chi connectivity index (χ3n) is 6.16. The van der Waals surface area contributed by atoms with E-state index in [1.165, 1.54) is 21.2 Å². The van der Waals surface area contributed by atoms with Crippen LogP contribution in [0.2, 0.25) is 0 Å². The number of sulfonamides is 1. The van der Waals surface area contributed by atoms with Crippen LogP contribution in [-0.4, -0.2) is 68.8 Å². The highest BCUT2D eigenvalue weighted by Gasteiger charge is 2.36. The van der Waals surface area contributed by atoms with E-state index in [0.29, 0.717) is 35.3 Å². The van der Waals surface area contributed by atoms with Crippen LogP contribution in [0.5, 0.6) is 0 Å². The lowest BCUT2D eigenvalue weighted by atomic mass is 9.98. The Balaban J connectivity index is 1.58. The summed E-state index contributed by atoms with van der Waals surface area (Å²) in [5.41, 5.74) is 2.14. The van der Waals surface area contributed by atoms with Gasteiger partial charge in [-0.15, -0.1) is 11.3 Å². The van der Waals surface area contributed by atoms with Crippen molar-refractivity contribution >= 4 is 54.0 Å². The van der Waals surface area contributed by atoms with Crippen molar-refractivity contribution in [3.63, 3.8) is 0 Å². The molecule has 3 aromatic rings. The Morgan fingerprint density at radius 3 is 2.76 bits per heavy atom. The summed E-state index contributed by atoms with van der Waals surface area (Å²) in [6.07, 6.45) is 3.13. The monoisotopic (exact) mass is 520 g/mol. The topological polar surface area (TPSA) is 73.8 Å². The minimum absolute atomic E-state index is 0.0281. The number of carbonyl (C=O) groups excluding carboxylic acids is 1. The van der Waals surface area contributed by atoms with Crippen LogP contribution in [0.3, 0.4) is 0 Å². The predicted molar refractivity (Wildman–Crippen MR) is 140 cm³/mol. The number of thiophene rings is 1. The van der Waals surface area contributed by atoms with E-state index in [9.17, 15) is 13.2 Å². The minimum atomic E-state index is -3.57. The van der Waals surface area contributed by atoms with E-state index in [4.69, 9.17) is 4.98 Å². The lowest BCUT2D eigenvalue weighted by Gasteiger charge is -2.33. The number of fused-ring (bicyclic) bond motifs is 1. The molecular weight excluding hydrogens is 488 g/mol. The van der Waals surface area contributed by atoms with Crippen LogP contribution in [0, 0.1) is 5.92 Å². The molecule has 10 heteroatoms. The summed E-state index contributed by atoms with van der Waals surface area (Å²) >= 11 is 2.76. The molecule has 0 aliphatic carbocycles. The van der Waals surface area contributed by atoms with Crippen molar-refractivity contribution in [1.29, 1.82) is 0 Å². The maximum Gasteiger partial charge on any atom is 0.252 e. The quantitative estimate of drug-likeness (QED) is 0.420. The Hall–Kier alpha value is -1.85. The van der Waals surface area contributed by atoms with Crippen molar-refractivity contribution in [1.82, 2.24) is 14.2 Å². The Bertz CT molecular complexity index is 1220. The molecular formula is C24H32N4O3S3. The Labute approximate surface area is 210 Å². The summed E-state index contributed by atoms with van der Waals surface area (Å²) in [4.78, 5) is 22.5. The number of hydrogen-bond acceptors (Lipinski definition) is 7. The lowest BCUT2D eigenvalue weighted by Crippen LogP contribution is -2.47. The summed E-state index contributed by atoms with van der Waals surface area (Å²) in [5.74, 6) is -0.402. The van der Waals surface area contributed by atoms with Gasteiger partial charge in [-0.2, -0.15) is 4.31 Å². The van der Waals surface area contributed by atoms with Gasteiger partial charge in [0, 0.05) is 19.6 Å². The maximum atomic E-state index is 13.8. The van der Waals surface area contributed by atoms with E-state index >= 15 is 0 Å². The molecule has 0 saturated carbocycles. The molecule has 0 spiro atoms. The Kier molecular flexibility index (Phi) is 8.04. The molecule has 1 aromatic carbocycles. The molecule has 184 valence electrons. The summed E-state index contributed by atoms with van der Waals surface area (Å²) < 4.78 is 29.0. The van der Waals surface area contributed by atoms with Gasteiger partial charge >= 0.3 is 0 Å². The number of carbonyl (C=O) groups is 1. The van der Waals surface area contributed by atoms with Gasteiger partial charge in [0.2, 0.25) is 5.91 Å². The zero-order chi connectivity index (χ0) is 24.3. The average Bonchev–Trinajstić information content (AvgIpc) is 3.51. The summed E-state index contributed by atoms with van der Waals surface area (Å²) in [7, 11) is 0.466. The van der Waals surface area contributed by atoms with E-state index in [1.807, 2.05) is 20.2 Å². The van der Waals surface area contributed by atoms with Crippen LogP contribution in [-0.2, 0) is 21.2 Å². The van der Waals surface area contributed by atoms with Gasteiger partial charge in [0.1, 0.15) is 4.21 Å². The summed E-state index contributed by atoms with van der Waals surface area (Å²) in [5, 5.41) is 2.47. The van der Waals surface area contributed by atoms with Crippen LogP contribution in [0.1, 0.15) is 31.7 Å². The number of nitrogens with zero attached hydrogens (tertiary/aromatic N) is 4. The number of amides is 1. The highest BCUT2D eigenvalue weighted by atomic mass is 32.2. The van der Waals surface area contributed by atoms with Crippen LogP contribution in [0.25, 0.3) is 10.2 Å². The van der Waals surface area contributed by atoms with Crippen molar-refractivity contribution in [2.24, 2.45) is 5.92 Å². The van der Waals surface area contributed by atoms with Crippen molar-refractivity contribution in [2.45, 2.75) is 36.8 Å². The standard InChI is InChI=1S/C24H32N4O3S3/c1-4-18-10-11-20-21(16-18)33-24(25-20)28(14-7-12-26(2)3)23(29)19-8-5-13-27(17-19)34(30,31)22-9-6-15-32-22/h6,9-11,15-16,19H,4-5,7-8,12-14,17H2,1-3H3. The van der Waals surface area contributed by atoms with E-state index in [2.05, 4.69) is 24.0 Å². The molecule has 1 saturated heterocycles. The zero-order valence-corrected chi connectivity index (χ0v) is 22.4. The number of aromatic nitrogens is 1. The first-order valence-corrected chi connectivity index (χ1v) is 14.8. The largest absolute Gasteiger partial charge is 0.309 e. The smallest absolute Gasteiger partial charge is 0.252 e. The molecule has 7 nitrogen and oxygen atoms in total. The number of benzene rings is 1. The molecule has 1 unspecified atom stereocenters. The number of anilines is 1. The van der Waals surface area contributed by atoms with E-state index in [0.717, 1.165) is 29.6 Å². The molecule has 1 aliphatic rings. The SMILES string of the molecule is CCc1ccc2nc(N(CCCN(C)C)C(=O)C3CCCN(S(=O)(=O)c4cccs4)C3)sc2c1. The molecule has 4 rings (SSSR count). The summed E-state index contributed by atoms with van der Waals surface area (Å²) in [6.45, 7) is 4.21. The first kappa shape index (κ1) is 25.2. The number of rotatable bonds is 9. The van der Waals surface area contributed by atoms with Gasteiger partial charge in [-0.1, -0.05) is 30.4 Å². The van der Waals surface area contributed by atoms with Gasteiger partial charge in [-0.3, -0.25) is 9.69 Å². The lowest BCUT2D eigenvalue weighted by molar-refractivity contribution is -0.123. The molecule has 0 radical (unpaired) electrons. The van der Waals surface area contributed by atoms with Crippen molar-refractivity contribution < 1.29 is 13.2 Å². The molecule has 1 fully saturated rings. The van der Waals surface area contributed by atoms with Crippen molar-refractivity contribution in [3.8, 4) is 0 Å². The van der Waals surface area contributed by atoms with Gasteiger partial charge in [0.15, 0.2) is 5.13 Å². The molecule has 1 amide bonds. The van der Waals surface area contributed by atoms with Gasteiger partial charge in [-0.25, -0.2) is 13.4 Å². The number of thiazole rings is 1. The minimum Gasteiger partial charge on any atom is -0.309 e. The average molecular weight is 521 g/mol. The van der Waals surface area contributed by atoms with Crippen LogP contribution in [0.15, 0.2) is 39.9 Å². The molecule has 0 bridgehead atoms. The second-order valence-electron chi connectivity index (χ2n) is 8.93. The van der Waals surface area contributed by atoms with Gasteiger partial charge in [-0.05, 0) is 75.5 Å². The van der Waals surface area contributed by atoms with Crippen LogP contribution >= 0.6 is 22.7 Å². The Morgan fingerprint density at radius 1 is 1.24 bits per heavy atom. The number of aryl methyl sites for hydroxylation is 1. The third kappa shape index (κ3) is 5.52. The first-order valence-electron chi connectivity index (χ1n) is 11.7. The van der Waals surface area contributed by atoms with E-state index in [-0.39, 0.29) is 18.4 Å². The second-order valence-corrected chi connectivity index (χ2v) is 13.1. The highest BCUT2D eigenvalue weighted by Crippen LogP contribution is 2.33. The normalized spacial score (nSPS) is 17.5. The van der Waals surface area contributed by atoms with Crippen molar-refractivity contribution in [3.05, 3.63) is 41.3 Å². The second kappa shape index (κ2) is 10.8. The van der Waals surface area contributed by atoms with Gasteiger partial charge < -0.3 is 4.90 Å². The maximum absolute atomic E-state index is 13.8. The molecule has 1 aliphatic heterocycles. The summed E-state index contributed by atoms with van der Waals surface area (Å²) in [6, 6.07) is 9.62.